The minimum absolute atomic E-state index is 0.0541. The first-order valence-corrected chi connectivity index (χ1v) is 6.62. The molecule has 0 atom stereocenters. The summed E-state index contributed by atoms with van der Waals surface area (Å²) in [5.41, 5.74) is 7.88. The third-order valence-corrected chi connectivity index (χ3v) is 2.98. The number of aromatic nitrogens is 2. The monoisotopic (exact) mass is 282 g/mol. The zero-order valence-corrected chi connectivity index (χ0v) is 12.2. The normalized spacial score (nSPS) is 9.86. The highest BCUT2D eigenvalue weighted by molar-refractivity contribution is 5.93. The van der Waals surface area contributed by atoms with Crippen molar-refractivity contribution in [1.82, 2.24) is 14.7 Å². The molecule has 21 heavy (non-hydrogen) atoms. The minimum Gasteiger partial charge on any atom is -0.337 e. The van der Waals surface area contributed by atoms with Crippen molar-refractivity contribution < 1.29 is 4.79 Å². The predicted octanol–water partition coefficient (Wildman–Crippen LogP) is 1.00. The highest BCUT2D eigenvalue weighted by Gasteiger charge is 2.13. The van der Waals surface area contributed by atoms with Crippen LogP contribution in [0.2, 0.25) is 0 Å². The second-order valence-electron chi connectivity index (χ2n) is 4.77. The molecule has 0 bridgehead atoms. The van der Waals surface area contributed by atoms with Crippen LogP contribution in [0.5, 0.6) is 0 Å². The maximum Gasteiger partial charge on any atom is 0.257 e. The van der Waals surface area contributed by atoms with E-state index in [9.17, 15) is 4.79 Å². The lowest BCUT2D eigenvalue weighted by Gasteiger charge is -2.16. The van der Waals surface area contributed by atoms with Gasteiger partial charge in [-0.05, 0) is 17.7 Å². The molecule has 5 heteroatoms. The number of carbonyl (C=O) groups is 1. The summed E-state index contributed by atoms with van der Waals surface area (Å²) in [6.45, 7) is 0.857. The molecule has 1 aromatic carbocycles. The van der Waals surface area contributed by atoms with Crippen molar-refractivity contribution in [2.45, 2.75) is 6.54 Å². The van der Waals surface area contributed by atoms with Crippen molar-refractivity contribution >= 4 is 5.91 Å². The molecule has 0 unspecified atom stereocenters. The highest BCUT2D eigenvalue weighted by atomic mass is 16.2. The molecule has 0 spiro atoms. The smallest absolute Gasteiger partial charge is 0.257 e. The van der Waals surface area contributed by atoms with E-state index in [-0.39, 0.29) is 5.91 Å². The SMILES string of the molecule is CN(Cc1cccc(C#CCN)c1)C(=O)c1cnn(C)c1. The molecule has 0 fully saturated rings. The second kappa shape index (κ2) is 6.73. The average molecular weight is 282 g/mol. The molecule has 2 N–H and O–H groups in total. The Morgan fingerprint density at radius 1 is 1.48 bits per heavy atom. The molecule has 2 aromatic rings. The number of aryl methyl sites for hydroxylation is 1. The van der Waals surface area contributed by atoms with E-state index in [1.165, 1.54) is 0 Å². The van der Waals surface area contributed by atoms with E-state index in [2.05, 4.69) is 16.9 Å². The van der Waals surface area contributed by atoms with E-state index in [0.29, 0.717) is 18.7 Å². The van der Waals surface area contributed by atoms with Crippen molar-refractivity contribution in [3.8, 4) is 11.8 Å². The van der Waals surface area contributed by atoms with Crippen LogP contribution < -0.4 is 5.73 Å². The van der Waals surface area contributed by atoms with E-state index in [1.54, 1.807) is 36.1 Å². The molecule has 1 aromatic heterocycles. The minimum atomic E-state index is -0.0541. The zero-order chi connectivity index (χ0) is 15.2. The maximum atomic E-state index is 12.2. The van der Waals surface area contributed by atoms with Crippen molar-refractivity contribution in [3.05, 3.63) is 53.3 Å². The Bertz CT molecular complexity index is 694. The summed E-state index contributed by atoms with van der Waals surface area (Å²) < 4.78 is 1.62. The van der Waals surface area contributed by atoms with Gasteiger partial charge in [-0.2, -0.15) is 5.10 Å². The van der Waals surface area contributed by atoms with Gasteiger partial charge in [0.25, 0.3) is 5.91 Å². The van der Waals surface area contributed by atoms with Gasteiger partial charge < -0.3 is 10.6 Å². The van der Waals surface area contributed by atoms with Gasteiger partial charge in [0.2, 0.25) is 0 Å². The van der Waals surface area contributed by atoms with Gasteiger partial charge in [0, 0.05) is 32.4 Å². The Labute approximate surface area is 124 Å². The molecule has 0 aliphatic heterocycles. The number of nitrogens with two attached hydrogens (primary N) is 1. The van der Waals surface area contributed by atoms with Crippen LogP contribution in [0.3, 0.4) is 0 Å². The summed E-state index contributed by atoms with van der Waals surface area (Å²) in [6.07, 6.45) is 3.28. The lowest BCUT2D eigenvalue weighted by Crippen LogP contribution is -2.25. The summed E-state index contributed by atoms with van der Waals surface area (Å²) in [5.74, 6) is 5.76. The van der Waals surface area contributed by atoms with Crippen molar-refractivity contribution in [2.24, 2.45) is 12.8 Å². The molecule has 0 saturated heterocycles. The van der Waals surface area contributed by atoms with Crippen LogP contribution in [0.1, 0.15) is 21.5 Å². The van der Waals surface area contributed by atoms with Crippen LogP contribution in [0, 0.1) is 11.8 Å². The summed E-state index contributed by atoms with van der Waals surface area (Å²) >= 11 is 0. The second-order valence-corrected chi connectivity index (χ2v) is 4.77. The summed E-state index contributed by atoms with van der Waals surface area (Å²) in [7, 11) is 3.56. The Morgan fingerprint density at radius 3 is 2.95 bits per heavy atom. The average Bonchev–Trinajstić information content (AvgIpc) is 2.91. The topological polar surface area (TPSA) is 64.2 Å². The molecule has 5 nitrogen and oxygen atoms in total. The van der Waals surface area contributed by atoms with Crippen molar-refractivity contribution in [1.29, 1.82) is 0 Å². The fourth-order valence-corrected chi connectivity index (χ4v) is 2.00. The standard InChI is InChI=1S/C16H18N4O/c1-19(16(21)15-10-18-20(2)12-15)11-14-6-3-5-13(9-14)7-4-8-17/h3,5-6,9-10,12H,8,11,17H2,1-2H3. The number of rotatable bonds is 3. The van der Waals surface area contributed by atoms with E-state index >= 15 is 0 Å². The van der Waals surface area contributed by atoms with Gasteiger partial charge >= 0.3 is 0 Å². The molecular weight excluding hydrogens is 264 g/mol. The van der Waals surface area contributed by atoms with E-state index in [4.69, 9.17) is 5.73 Å². The molecule has 0 aliphatic rings. The summed E-state index contributed by atoms with van der Waals surface area (Å²) in [4.78, 5) is 13.9. The first-order chi connectivity index (χ1) is 10.1. The Morgan fingerprint density at radius 2 is 2.29 bits per heavy atom. The van der Waals surface area contributed by atoms with Crippen LogP contribution >= 0.6 is 0 Å². The molecular formula is C16H18N4O. The van der Waals surface area contributed by atoms with Crippen LogP contribution in [0.15, 0.2) is 36.7 Å². The van der Waals surface area contributed by atoms with Gasteiger partial charge in [-0.15, -0.1) is 0 Å². The van der Waals surface area contributed by atoms with E-state index in [1.807, 2.05) is 24.3 Å². The maximum absolute atomic E-state index is 12.2. The molecule has 0 radical (unpaired) electrons. The van der Waals surface area contributed by atoms with Crippen LogP contribution in [-0.2, 0) is 13.6 Å². The van der Waals surface area contributed by atoms with E-state index in [0.717, 1.165) is 11.1 Å². The lowest BCUT2D eigenvalue weighted by molar-refractivity contribution is 0.0785. The lowest BCUT2D eigenvalue weighted by atomic mass is 10.1. The molecule has 0 saturated carbocycles. The molecule has 108 valence electrons. The number of hydrogen-bond donors (Lipinski definition) is 1. The van der Waals surface area contributed by atoms with Crippen molar-refractivity contribution in [2.75, 3.05) is 13.6 Å². The summed E-state index contributed by atoms with van der Waals surface area (Å²) in [6, 6.07) is 7.80. The molecule has 0 aliphatic carbocycles. The Balaban J connectivity index is 2.08. The molecule has 2 rings (SSSR count). The predicted molar refractivity (Wildman–Crippen MR) is 81.4 cm³/mol. The number of hydrogen-bond acceptors (Lipinski definition) is 3. The largest absolute Gasteiger partial charge is 0.337 e. The van der Waals surface area contributed by atoms with Crippen LogP contribution in [0.4, 0.5) is 0 Å². The van der Waals surface area contributed by atoms with Gasteiger partial charge in [-0.25, -0.2) is 0 Å². The fraction of sp³-hybridized carbons (Fsp3) is 0.250. The number of carbonyl (C=O) groups excluding carboxylic acids is 1. The quantitative estimate of drug-likeness (QED) is 0.854. The van der Waals surface area contributed by atoms with Gasteiger partial charge in [0.15, 0.2) is 0 Å². The Hall–Kier alpha value is -2.58. The molecule has 1 amide bonds. The van der Waals surface area contributed by atoms with Crippen LogP contribution in [0.25, 0.3) is 0 Å². The fourth-order valence-electron chi connectivity index (χ4n) is 2.00. The Kier molecular flexibility index (Phi) is 4.75. The van der Waals surface area contributed by atoms with Crippen LogP contribution in [-0.4, -0.2) is 34.2 Å². The number of benzene rings is 1. The van der Waals surface area contributed by atoms with Gasteiger partial charge in [0.1, 0.15) is 0 Å². The third-order valence-electron chi connectivity index (χ3n) is 2.98. The first kappa shape index (κ1) is 14.8. The first-order valence-electron chi connectivity index (χ1n) is 6.62. The highest BCUT2D eigenvalue weighted by Crippen LogP contribution is 2.09. The van der Waals surface area contributed by atoms with Gasteiger partial charge in [0.05, 0.1) is 18.3 Å². The van der Waals surface area contributed by atoms with Crippen molar-refractivity contribution in [3.63, 3.8) is 0 Å². The van der Waals surface area contributed by atoms with E-state index < -0.39 is 0 Å². The molecule has 1 heterocycles. The van der Waals surface area contributed by atoms with Gasteiger partial charge in [-0.3, -0.25) is 9.48 Å². The number of amides is 1. The summed E-state index contributed by atoms with van der Waals surface area (Å²) in [5, 5.41) is 4.01. The van der Waals surface area contributed by atoms with Gasteiger partial charge in [-0.1, -0.05) is 24.0 Å². The zero-order valence-electron chi connectivity index (χ0n) is 12.2. The third kappa shape index (κ3) is 3.94. The number of nitrogens with zero attached hydrogens (tertiary/aromatic N) is 3.